The molecular formula is C9H18N2O2. The second kappa shape index (κ2) is 5.07. The van der Waals surface area contributed by atoms with E-state index in [9.17, 15) is 4.79 Å². The summed E-state index contributed by atoms with van der Waals surface area (Å²) < 4.78 is 4.92. The number of hydrogen-bond donors (Lipinski definition) is 1. The lowest BCUT2D eigenvalue weighted by Crippen LogP contribution is -2.40. The minimum atomic E-state index is -0.222. The summed E-state index contributed by atoms with van der Waals surface area (Å²) in [7, 11) is 0. The van der Waals surface area contributed by atoms with Crippen LogP contribution in [0, 0.1) is 0 Å². The summed E-state index contributed by atoms with van der Waals surface area (Å²) in [4.78, 5) is 13.1. The molecule has 1 heterocycles. The molecule has 0 bridgehead atoms. The SMILES string of the molecule is CCOC(=O)N1CCCCC(N)C1. The highest BCUT2D eigenvalue weighted by molar-refractivity contribution is 5.67. The molecule has 4 nitrogen and oxygen atoms in total. The summed E-state index contributed by atoms with van der Waals surface area (Å²) in [5.41, 5.74) is 5.81. The van der Waals surface area contributed by atoms with Crippen molar-refractivity contribution in [3.8, 4) is 0 Å². The number of nitrogens with two attached hydrogens (primary N) is 1. The van der Waals surface area contributed by atoms with Crippen LogP contribution in [0.1, 0.15) is 26.2 Å². The predicted octanol–water partition coefficient (Wildman–Crippen LogP) is 0.956. The molecule has 0 saturated carbocycles. The van der Waals surface area contributed by atoms with Gasteiger partial charge in [-0.2, -0.15) is 0 Å². The van der Waals surface area contributed by atoms with Gasteiger partial charge in [-0.1, -0.05) is 6.42 Å². The van der Waals surface area contributed by atoms with Crippen molar-refractivity contribution >= 4 is 6.09 Å². The van der Waals surface area contributed by atoms with Crippen LogP contribution >= 0.6 is 0 Å². The number of ether oxygens (including phenoxy) is 1. The lowest BCUT2D eigenvalue weighted by atomic mass is 10.2. The van der Waals surface area contributed by atoms with Gasteiger partial charge in [0, 0.05) is 19.1 Å². The molecule has 1 unspecified atom stereocenters. The highest BCUT2D eigenvalue weighted by Gasteiger charge is 2.19. The van der Waals surface area contributed by atoms with Crippen molar-refractivity contribution in [3.05, 3.63) is 0 Å². The number of carbonyl (C=O) groups excluding carboxylic acids is 1. The summed E-state index contributed by atoms with van der Waals surface area (Å²) in [5, 5.41) is 0. The Bertz CT molecular complexity index is 173. The second-order valence-electron chi connectivity index (χ2n) is 3.40. The zero-order chi connectivity index (χ0) is 9.68. The first-order valence-corrected chi connectivity index (χ1v) is 4.91. The van der Waals surface area contributed by atoms with Gasteiger partial charge in [-0.25, -0.2) is 4.79 Å². The van der Waals surface area contributed by atoms with Gasteiger partial charge in [-0.15, -0.1) is 0 Å². The zero-order valence-electron chi connectivity index (χ0n) is 8.16. The molecule has 2 N–H and O–H groups in total. The van der Waals surface area contributed by atoms with Crippen molar-refractivity contribution < 1.29 is 9.53 Å². The molecule has 1 fully saturated rings. The third-order valence-electron chi connectivity index (χ3n) is 2.23. The molecule has 4 heteroatoms. The van der Waals surface area contributed by atoms with Gasteiger partial charge in [0.25, 0.3) is 0 Å². The van der Waals surface area contributed by atoms with Crippen molar-refractivity contribution in [1.29, 1.82) is 0 Å². The molecule has 0 aromatic carbocycles. The Morgan fingerprint density at radius 2 is 2.38 bits per heavy atom. The molecule has 1 aliphatic rings. The van der Waals surface area contributed by atoms with Crippen LogP contribution in [-0.2, 0) is 4.74 Å². The van der Waals surface area contributed by atoms with E-state index in [-0.39, 0.29) is 12.1 Å². The molecule has 0 radical (unpaired) electrons. The minimum absolute atomic E-state index is 0.118. The van der Waals surface area contributed by atoms with Gasteiger partial charge in [0.2, 0.25) is 0 Å². The summed E-state index contributed by atoms with van der Waals surface area (Å²) in [5.74, 6) is 0. The van der Waals surface area contributed by atoms with E-state index in [1.54, 1.807) is 4.90 Å². The van der Waals surface area contributed by atoms with Gasteiger partial charge in [0.1, 0.15) is 0 Å². The van der Waals surface area contributed by atoms with E-state index in [0.717, 1.165) is 25.8 Å². The molecule has 13 heavy (non-hydrogen) atoms. The fraction of sp³-hybridized carbons (Fsp3) is 0.889. The highest BCUT2D eigenvalue weighted by atomic mass is 16.6. The molecule has 76 valence electrons. The maximum absolute atomic E-state index is 11.3. The molecular weight excluding hydrogens is 168 g/mol. The Morgan fingerprint density at radius 1 is 1.62 bits per heavy atom. The van der Waals surface area contributed by atoms with Crippen LogP contribution in [0.5, 0.6) is 0 Å². The van der Waals surface area contributed by atoms with Crippen LogP contribution in [0.2, 0.25) is 0 Å². The van der Waals surface area contributed by atoms with Gasteiger partial charge < -0.3 is 15.4 Å². The van der Waals surface area contributed by atoms with E-state index in [1.807, 2.05) is 6.92 Å². The predicted molar refractivity (Wildman–Crippen MR) is 50.4 cm³/mol. The quantitative estimate of drug-likeness (QED) is 0.663. The number of carbonyl (C=O) groups is 1. The fourth-order valence-corrected chi connectivity index (χ4v) is 1.56. The van der Waals surface area contributed by atoms with E-state index in [0.29, 0.717) is 13.2 Å². The van der Waals surface area contributed by atoms with Gasteiger partial charge >= 0.3 is 6.09 Å². The van der Waals surface area contributed by atoms with Crippen LogP contribution < -0.4 is 5.73 Å². The molecule has 1 rings (SSSR count). The van der Waals surface area contributed by atoms with E-state index in [4.69, 9.17) is 10.5 Å². The van der Waals surface area contributed by atoms with E-state index in [2.05, 4.69) is 0 Å². The zero-order valence-corrected chi connectivity index (χ0v) is 8.16. The first kappa shape index (κ1) is 10.3. The molecule has 1 saturated heterocycles. The Balaban J connectivity index is 2.42. The van der Waals surface area contributed by atoms with E-state index in [1.165, 1.54) is 0 Å². The summed E-state index contributed by atoms with van der Waals surface area (Å²) >= 11 is 0. The third kappa shape index (κ3) is 3.22. The number of nitrogens with zero attached hydrogens (tertiary/aromatic N) is 1. The van der Waals surface area contributed by atoms with Crippen molar-refractivity contribution in [1.82, 2.24) is 4.90 Å². The number of likely N-dealkylation sites (tertiary alicyclic amines) is 1. The molecule has 1 amide bonds. The lowest BCUT2D eigenvalue weighted by Gasteiger charge is -2.21. The average Bonchev–Trinajstić information content (AvgIpc) is 2.30. The molecule has 0 aromatic rings. The summed E-state index contributed by atoms with van der Waals surface area (Å²) in [6, 6.07) is 0.118. The van der Waals surface area contributed by atoms with Crippen LogP contribution in [0.25, 0.3) is 0 Å². The van der Waals surface area contributed by atoms with Crippen LogP contribution in [-0.4, -0.2) is 36.7 Å². The second-order valence-corrected chi connectivity index (χ2v) is 3.40. The van der Waals surface area contributed by atoms with Crippen LogP contribution in [0.3, 0.4) is 0 Å². The van der Waals surface area contributed by atoms with Crippen molar-refractivity contribution in [2.75, 3.05) is 19.7 Å². The minimum Gasteiger partial charge on any atom is -0.450 e. The first-order chi connectivity index (χ1) is 6.24. The molecule has 0 spiro atoms. The van der Waals surface area contributed by atoms with Crippen molar-refractivity contribution in [3.63, 3.8) is 0 Å². The number of rotatable bonds is 1. The van der Waals surface area contributed by atoms with Gasteiger partial charge in [0.05, 0.1) is 6.61 Å². The maximum atomic E-state index is 11.3. The Labute approximate surface area is 79.0 Å². The standard InChI is InChI=1S/C9H18N2O2/c1-2-13-9(12)11-6-4-3-5-8(10)7-11/h8H,2-7,10H2,1H3. The Morgan fingerprint density at radius 3 is 3.08 bits per heavy atom. The lowest BCUT2D eigenvalue weighted by molar-refractivity contribution is 0.107. The normalized spacial score (nSPS) is 23.8. The summed E-state index contributed by atoms with van der Waals surface area (Å²) in [6.07, 6.45) is 2.93. The molecule has 1 aliphatic heterocycles. The Hall–Kier alpha value is -0.770. The molecule has 1 atom stereocenters. The van der Waals surface area contributed by atoms with Crippen molar-refractivity contribution in [2.24, 2.45) is 5.73 Å². The molecule has 0 aliphatic carbocycles. The molecule has 0 aromatic heterocycles. The Kier molecular flexibility index (Phi) is 4.02. The highest BCUT2D eigenvalue weighted by Crippen LogP contribution is 2.09. The fourth-order valence-electron chi connectivity index (χ4n) is 1.56. The smallest absolute Gasteiger partial charge is 0.409 e. The van der Waals surface area contributed by atoms with E-state index < -0.39 is 0 Å². The monoisotopic (exact) mass is 186 g/mol. The van der Waals surface area contributed by atoms with Crippen LogP contribution in [0.15, 0.2) is 0 Å². The maximum Gasteiger partial charge on any atom is 0.409 e. The van der Waals surface area contributed by atoms with Gasteiger partial charge in [-0.05, 0) is 19.8 Å². The van der Waals surface area contributed by atoms with E-state index >= 15 is 0 Å². The first-order valence-electron chi connectivity index (χ1n) is 4.91. The third-order valence-corrected chi connectivity index (χ3v) is 2.23. The van der Waals surface area contributed by atoms with Gasteiger partial charge in [0.15, 0.2) is 0 Å². The number of amides is 1. The van der Waals surface area contributed by atoms with Crippen molar-refractivity contribution in [2.45, 2.75) is 32.2 Å². The number of hydrogen-bond acceptors (Lipinski definition) is 3. The topological polar surface area (TPSA) is 55.6 Å². The summed E-state index contributed by atoms with van der Waals surface area (Å²) in [6.45, 7) is 3.67. The van der Waals surface area contributed by atoms with Gasteiger partial charge in [-0.3, -0.25) is 0 Å². The largest absolute Gasteiger partial charge is 0.450 e. The van der Waals surface area contributed by atoms with Crippen LogP contribution in [0.4, 0.5) is 4.79 Å². The average molecular weight is 186 g/mol.